The summed E-state index contributed by atoms with van der Waals surface area (Å²) in [6.07, 6.45) is 4.14. The zero-order valence-electron chi connectivity index (χ0n) is 14.2. The zero-order valence-corrected chi connectivity index (χ0v) is 14.2. The number of hydrogen-bond acceptors (Lipinski definition) is 3. The van der Waals surface area contributed by atoms with Gasteiger partial charge in [0.05, 0.1) is 7.11 Å². The molecule has 0 unspecified atom stereocenters. The Labute approximate surface area is 134 Å². The first-order chi connectivity index (χ1) is 10.6. The minimum Gasteiger partial charge on any atom is -0.497 e. The van der Waals surface area contributed by atoms with Gasteiger partial charge in [0.2, 0.25) is 0 Å². The van der Waals surface area contributed by atoms with E-state index < -0.39 is 6.10 Å². The van der Waals surface area contributed by atoms with E-state index in [1.165, 1.54) is 19.3 Å². The number of carbonyl (C=O) groups excluding carboxylic acids is 1. The van der Waals surface area contributed by atoms with Crippen LogP contribution in [-0.2, 0) is 4.79 Å². The van der Waals surface area contributed by atoms with Crippen LogP contribution in [0, 0.1) is 5.92 Å². The molecule has 0 saturated heterocycles. The van der Waals surface area contributed by atoms with Crippen molar-refractivity contribution in [2.45, 2.75) is 52.6 Å². The number of methoxy groups -OCH3 is 1. The van der Waals surface area contributed by atoms with Crippen LogP contribution in [0.2, 0.25) is 0 Å². The van der Waals surface area contributed by atoms with E-state index in [2.05, 4.69) is 19.2 Å². The fourth-order valence-electron chi connectivity index (χ4n) is 2.26. The highest BCUT2D eigenvalue weighted by atomic mass is 16.5. The van der Waals surface area contributed by atoms with Gasteiger partial charge in [-0.15, -0.1) is 0 Å². The molecule has 0 aliphatic heterocycles. The molecule has 1 aromatic carbocycles. The van der Waals surface area contributed by atoms with Crippen LogP contribution in [-0.4, -0.2) is 25.7 Å². The molecule has 124 valence electrons. The molecule has 0 bridgehead atoms. The third kappa shape index (κ3) is 6.37. The Kier molecular flexibility index (Phi) is 8.41. The molecular weight excluding hydrogens is 278 g/mol. The van der Waals surface area contributed by atoms with E-state index in [1.54, 1.807) is 20.1 Å². The van der Waals surface area contributed by atoms with E-state index in [1.807, 2.05) is 18.2 Å². The molecule has 0 heterocycles. The van der Waals surface area contributed by atoms with Gasteiger partial charge in [0.15, 0.2) is 6.10 Å². The minimum absolute atomic E-state index is 0.0715. The van der Waals surface area contributed by atoms with E-state index in [4.69, 9.17) is 9.47 Å². The minimum atomic E-state index is -0.518. The molecule has 4 nitrogen and oxygen atoms in total. The van der Waals surface area contributed by atoms with Gasteiger partial charge < -0.3 is 14.8 Å². The maximum atomic E-state index is 12.1. The summed E-state index contributed by atoms with van der Waals surface area (Å²) < 4.78 is 10.8. The maximum Gasteiger partial charge on any atom is 0.260 e. The van der Waals surface area contributed by atoms with Crippen molar-refractivity contribution in [1.82, 2.24) is 5.32 Å². The van der Waals surface area contributed by atoms with Crippen molar-refractivity contribution in [1.29, 1.82) is 0 Å². The zero-order chi connectivity index (χ0) is 16.4. The summed E-state index contributed by atoms with van der Waals surface area (Å²) in [5.41, 5.74) is 0. The Balaban J connectivity index is 2.43. The van der Waals surface area contributed by atoms with Crippen LogP contribution in [0.1, 0.15) is 46.5 Å². The van der Waals surface area contributed by atoms with Gasteiger partial charge in [-0.05, 0) is 31.4 Å². The Morgan fingerprint density at radius 2 is 2.00 bits per heavy atom. The first kappa shape index (κ1) is 18.3. The molecule has 1 aromatic rings. The molecule has 0 aliphatic carbocycles. The molecule has 0 saturated carbocycles. The van der Waals surface area contributed by atoms with Crippen molar-refractivity contribution >= 4 is 5.91 Å². The van der Waals surface area contributed by atoms with Crippen LogP contribution in [0.15, 0.2) is 24.3 Å². The van der Waals surface area contributed by atoms with E-state index in [0.29, 0.717) is 11.7 Å². The summed E-state index contributed by atoms with van der Waals surface area (Å²) in [6, 6.07) is 7.29. The molecule has 0 fully saturated rings. The van der Waals surface area contributed by atoms with E-state index in [0.717, 1.165) is 18.7 Å². The second kappa shape index (κ2) is 10.1. The van der Waals surface area contributed by atoms with Gasteiger partial charge in [-0.3, -0.25) is 4.79 Å². The van der Waals surface area contributed by atoms with E-state index >= 15 is 0 Å². The number of amides is 1. The fourth-order valence-corrected chi connectivity index (χ4v) is 2.26. The topological polar surface area (TPSA) is 47.6 Å². The molecule has 0 radical (unpaired) electrons. The Bertz CT molecular complexity index is 448. The van der Waals surface area contributed by atoms with Crippen molar-refractivity contribution in [3.05, 3.63) is 24.3 Å². The van der Waals surface area contributed by atoms with Crippen molar-refractivity contribution in [3.8, 4) is 11.5 Å². The Hall–Kier alpha value is -1.71. The van der Waals surface area contributed by atoms with Crippen molar-refractivity contribution < 1.29 is 14.3 Å². The van der Waals surface area contributed by atoms with Crippen molar-refractivity contribution in [3.63, 3.8) is 0 Å². The lowest BCUT2D eigenvalue weighted by molar-refractivity contribution is -0.127. The largest absolute Gasteiger partial charge is 0.497 e. The molecule has 4 heteroatoms. The van der Waals surface area contributed by atoms with Gasteiger partial charge in [-0.1, -0.05) is 39.2 Å². The number of carbonyl (C=O) groups is 1. The van der Waals surface area contributed by atoms with Crippen LogP contribution in [0.3, 0.4) is 0 Å². The van der Waals surface area contributed by atoms with Gasteiger partial charge in [-0.25, -0.2) is 0 Å². The van der Waals surface area contributed by atoms with Crippen LogP contribution in [0.4, 0.5) is 0 Å². The fraction of sp³-hybridized carbons (Fsp3) is 0.611. The number of unbranched alkanes of at least 4 members (excludes halogenated alkanes) is 1. The third-order valence-corrected chi connectivity index (χ3v) is 3.83. The molecule has 1 N–H and O–H groups in total. The molecular formula is C18H29NO3. The smallest absolute Gasteiger partial charge is 0.260 e. The molecule has 1 amide bonds. The van der Waals surface area contributed by atoms with Crippen LogP contribution in [0.5, 0.6) is 11.5 Å². The summed E-state index contributed by atoms with van der Waals surface area (Å²) in [6.45, 7) is 6.85. The highest BCUT2D eigenvalue weighted by Crippen LogP contribution is 2.20. The van der Waals surface area contributed by atoms with Crippen molar-refractivity contribution in [2.24, 2.45) is 5.92 Å². The second-order valence-corrected chi connectivity index (χ2v) is 5.60. The van der Waals surface area contributed by atoms with Crippen LogP contribution < -0.4 is 14.8 Å². The van der Waals surface area contributed by atoms with E-state index in [-0.39, 0.29) is 5.91 Å². The number of ether oxygens (including phenoxy) is 2. The Morgan fingerprint density at radius 1 is 1.27 bits per heavy atom. The molecule has 22 heavy (non-hydrogen) atoms. The highest BCUT2D eigenvalue weighted by molar-refractivity contribution is 5.80. The summed E-state index contributed by atoms with van der Waals surface area (Å²) >= 11 is 0. The SMILES string of the molecule is CCCC[C@H](CC)CNC(=O)[C@@H](C)Oc1cccc(OC)c1. The number of benzene rings is 1. The number of hydrogen-bond donors (Lipinski definition) is 1. The average molecular weight is 307 g/mol. The first-order valence-electron chi connectivity index (χ1n) is 8.19. The van der Waals surface area contributed by atoms with Gasteiger partial charge in [0, 0.05) is 12.6 Å². The van der Waals surface area contributed by atoms with Crippen LogP contribution in [0.25, 0.3) is 0 Å². The molecule has 1 rings (SSSR count). The second-order valence-electron chi connectivity index (χ2n) is 5.60. The van der Waals surface area contributed by atoms with Crippen molar-refractivity contribution in [2.75, 3.05) is 13.7 Å². The normalized spacial score (nSPS) is 13.3. The monoisotopic (exact) mass is 307 g/mol. The number of rotatable bonds is 10. The predicted molar refractivity (Wildman–Crippen MR) is 89.4 cm³/mol. The Morgan fingerprint density at radius 3 is 2.64 bits per heavy atom. The highest BCUT2D eigenvalue weighted by Gasteiger charge is 2.16. The lowest BCUT2D eigenvalue weighted by atomic mass is 9.99. The van der Waals surface area contributed by atoms with Crippen LogP contribution >= 0.6 is 0 Å². The predicted octanol–water partition coefficient (Wildman–Crippen LogP) is 3.80. The summed E-state index contributed by atoms with van der Waals surface area (Å²) in [5.74, 6) is 1.83. The third-order valence-electron chi connectivity index (χ3n) is 3.83. The molecule has 2 atom stereocenters. The molecule has 0 spiro atoms. The molecule has 0 aliphatic rings. The molecule has 0 aromatic heterocycles. The lowest BCUT2D eigenvalue weighted by Crippen LogP contribution is -2.38. The maximum absolute atomic E-state index is 12.1. The van der Waals surface area contributed by atoms with E-state index in [9.17, 15) is 4.79 Å². The van der Waals surface area contributed by atoms with Gasteiger partial charge in [0.25, 0.3) is 5.91 Å². The van der Waals surface area contributed by atoms with Gasteiger partial charge >= 0.3 is 0 Å². The number of nitrogens with one attached hydrogen (secondary N) is 1. The first-order valence-corrected chi connectivity index (χ1v) is 8.19. The average Bonchev–Trinajstić information content (AvgIpc) is 2.54. The lowest BCUT2D eigenvalue weighted by Gasteiger charge is -2.18. The standard InChI is InChI=1S/C18H29NO3/c1-5-7-9-15(6-2)13-19-18(20)14(3)22-17-11-8-10-16(12-17)21-4/h8,10-12,14-15H,5-7,9,13H2,1-4H3,(H,19,20)/t14-,15+/m1/s1. The summed E-state index contributed by atoms with van der Waals surface area (Å²) in [4.78, 5) is 12.1. The van der Waals surface area contributed by atoms with Gasteiger partial charge in [0.1, 0.15) is 11.5 Å². The van der Waals surface area contributed by atoms with Gasteiger partial charge in [-0.2, -0.15) is 0 Å². The quantitative estimate of drug-likeness (QED) is 0.715. The summed E-state index contributed by atoms with van der Waals surface area (Å²) in [7, 11) is 1.61. The summed E-state index contributed by atoms with van der Waals surface area (Å²) in [5, 5.41) is 3.00.